The number of nitrogens with one attached hydrogen (secondary N) is 1. The Balaban J connectivity index is 2.07. The standard InChI is InChI=1S/C7H13NO2/c1-6(9)8-10-7-4-2-3-5-7/h7H,2-5H2,1H3,(H,8,9). The topological polar surface area (TPSA) is 38.3 Å². The van der Waals surface area contributed by atoms with Gasteiger partial charge >= 0.3 is 0 Å². The van der Waals surface area contributed by atoms with Crippen molar-refractivity contribution in [2.24, 2.45) is 0 Å². The zero-order valence-electron chi connectivity index (χ0n) is 6.22. The molecule has 1 N–H and O–H groups in total. The summed E-state index contributed by atoms with van der Waals surface area (Å²) in [7, 11) is 0. The third kappa shape index (κ3) is 2.35. The smallest absolute Gasteiger partial charge is 0.240 e. The maximum absolute atomic E-state index is 10.4. The second-order valence-corrected chi connectivity index (χ2v) is 2.68. The second kappa shape index (κ2) is 3.56. The van der Waals surface area contributed by atoms with E-state index in [0.717, 1.165) is 12.8 Å². The molecule has 10 heavy (non-hydrogen) atoms. The first-order valence-electron chi connectivity index (χ1n) is 3.71. The molecule has 3 nitrogen and oxygen atoms in total. The van der Waals surface area contributed by atoms with Gasteiger partial charge in [0.15, 0.2) is 0 Å². The molecule has 58 valence electrons. The number of hydrogen-bond acceptors (Lipinski definition) is 2. The highest BCUT2D eigenvalue weighted by Crippen LogP contribution is 2.19. The quantitative estimate of drug-likeness (QED) is 0.585. The van der Waals surface area contributed by atoms with Crippen LogP contribution in [0.4, 0.5) is 0 Å². The Bertz CT molecular complexity index is 119. The molecule has 0 aromatic heterocycles. The first-order chi connectivity index (χ1) is 4.79. The van der Waals surface area contributed by atoms with Crippen molar-refractivity contribution >= 4 is 5.91 Å². The molecule has 3 heteroatoms. The molecule has 1 amide bonds. The SMILES string of the molecule is CC(=O)NOC1CCCC1. The first kappa shape index (κ1) is 7.54. The molecule has 0 aliphatic heterocycles. The summed E-state index contributed by atoms with van der Waals surface area (Å²) in [6.45, 7) is 1.45. The largest absolute Gasteiger partial charge is 0.273 e. The monoisotopic (exact) mass is 143 g/mol. The highest BCUT2D eigenvalue weighted by Gasteiger charge is 2.15. The van der Waals surface area contributed by atoms with Gasteiger partial charge < -0.3 is 0 Å². The van der Waals surface area contributed by atoms with Gasteiger partial charge in [0.05, 0.1) is 6.10 Å². The number of hydroxylamine groups is 1. The molecule has 0 bridgehead atoms. The van der Waals surface area contributed by atoms with Crippen LogP contribution in [0, 0.1) is 0 Å². The fourth-order valence-corrected chi connectivity index (χ4v) is 1.17. The van der Waals surface area contributed by atoms with E-state index in [0.29, 0.717) is 0 Å². The third-order valence-electron chi connectivity index (χ3n) is 1.67. The molecule has 0 atom stereocenters. The van der Waals surface area contributed by atoms with Crippen molar-refractivity contribution in [1.29, 1.82) is 0 Å². The maximum Gasteiger partial charge on any atom is 0.240 e. The second-order valence-electron chi connectivity index (χ2n) is 2.68. The Hall–Kier alpha value is -0.570. The molecule has 0 radical (unpaired) electrons. The van der Waals surface area contributed by atoms with Crippen molar-refractivity contribution in [2.45, 2.75) is 38.7 Å². The molecule has 0 heterocycles. The zero-order valence-corrected chi connectivity index (χ0v) is 6.22. The van der Waals surface area contributed by atoms with E-state index in [-0.39, 0.29) is 12.0 Å². The third-order valence-corrected chi connectivity index (χ3v) is 1.67. The Morgan fingerprint density at radius 2 is 2.10 bits per heavy atom. The van der Waals surface area contributed by atoms with Crippen LogP contribution in [0.1, 0.15) is 32.6 Å². The van der Waals surface area contributed by atoms with Crippen molar-refractivity contribution in [1.82, 2.24) is 5.48 Å². The lowest BCUT2D eigenvalue weighted by Crippen LogP contribution is -2.25. The van der Waals surface area contributed by atoms with Gasteiger partial charge in [-0.15, -0.1) is 0 Å². The van der Waals surface area contributed by atoms with Gasteiger partial charge in [0.2, 0.25) is 5.91 Å². The Kier molecular flexibility index (Phi) is 2.68. The molecule has 1 rings (SSSR count). The Labute approximate surface area is 60.7 Å². The van der Waals surface area contributed by atoms with Gasteiger partial charge in [-0.1, -0.05) is 12.8 Å². The summed E-state index contributed by atoms with van der Waals surface area (Å²) < 4.78 is 0. The van der Waals surface area contributed by atoms with Crippen molar-refractivity contribution < 1.29 is 9.63 Å². The molecule has 1 fully saturated rings. The van der Waals surface area contributed by atoms with E-state index < -0.39 is 0 Å². The van der Waals surface area contributed by atoms with Crippen LogP contribution in [0.5, 0.6) is 0 Å². The number of hydrogen-bond donors (Lipinski definition) is 1. The van der Waals surface area contributed by atoms with Crippen LogP contribution < -0.4 is 5.48 Å². The van der Waals surface area contributed by atoms with Gasteiger partial charge in [0.25, 0.3) is 0 Å². The molecule has 1 aliphatic rings. The molecule has 1 saturated carbocycles. The minimum atomic E-state index is -0.119. The molecular formula is C7H13NO2. The van der Waals surface area contributed by atoms with Gasteiger partial charge in [-0.25, -0.2) is 5.48 Å². The van der Waals surface area contributed by atoms with Gasteiger partial charge in [-0.2, -0.15) is 0 Å². The molecular weight excluding hydrogens is 130 g/mol. The van der Waals surface area contributed by atoms with Crippen LogP contribution in [-0.2, 0) is 9.63 Å². The maximum atomic E-state index is 10.4. The van der Waals surface area contributed by atoms with E-state index >= 15 is 0 Å². The van der Waals surface area contributed by atoms with Gasteiger partial charge in [-0.3, -0.25) is 9.63 Å². The highest BCUT2D eigenvalue weighted by atomic mass is 16.7. The fraction of sp³-hybridized carbons (Fsp3) is 0.857. The van der Waals surface area contributed by atoms with Crippen molar-refractivity contribution in [2.75, 3.05) is 0 Å². The minimum Gasteiger partial charge on any atom is -0.273 e. The van der Waals surface area contributed by atoms with E-state index in [9.17, 15) is 4.79 Å². The molecule has 0 aromatic carbocycles. The lowest BCUT2D eigenvalue weighted by Gasteiger charge is -2.08. The lowest BCUT2D eigenvalue weighted by molar-refractivity contribution is -0.135. The summed E-state index contributed by atoms with van der Waals surface area (Å²) in [6.07, 6.45) is 4.89. The molecule has 0 unspecified atom stereocenters. The number of carbonyl (C=O) groups excluding carboxylic acids is 1. The van der Waals surface area contributed by atoms with Crippen LogP contribution in [-0.4, -0.2) is 12.0 Å². The lowest BCUT2D eigenvalue weighted by atomic mass is 10.3. The van der Waals surface area contributed by atoms with Crippen LogP contribution in [0.25, 0.3) is 0 Å². The summed E-state index contributed by atoms with van der Waals surface area (Å²) in [4.78, 5) is 15.4. The predicted octanol–water partition coefficient (Wildman–Crippen LogP) is 0.997. The number of rotatable bonds is 2. The predicted molar refractivity (Wildman–Crippen MR) is 37.2 cm³/mol. The van der Waals surface area contributed by atoms with E-state index in [1.165, 1.54) is 19.8 Å². The van der Waals surface area contributed by atoms with Crippen molar-refractivity contribution in [3.63, 3.8) is 0 Å². The molecule has 0 aromatic rings. The van der Waals surface area contributed by atoms with E-state index in [1.807, 2.05) is 0 Å². The average Bonchev–Trinajstić information content (AvgIpc) is 2.34. The first-order valence-corrected chi connectivity index (χ1v) is 3.71. The van der Waals surface area contributed by atoms with E-state index in [2.05, 4.69) is 5.48 Å². The normalized spacial score (nSPS) is 19.3. The fourth-order valence-electron chi connectivity index (χ4n) is 1.17. The van der Waals surface area contributed by atoms with E-state index in [1.54, 1.807) is 0 Å². The Morgan fingerprint density at radius 1 is 1.50 bits per heavy atom. The van der Waals surface area contributed by atoms with Gasteiger partial charge in [-0.05, 0) is 12.8 Å². The summed E-state index contributed by atoms with van der Waals surface area (Å²) in [5.41, 5.74) is 2.35. The summed E-state index contributed by atoms with van der Waals surface area (Å²) >= 11 is 0. The van der Waals surface area contributed by atoms with E-state index in [4.69, 9.17) is 4.84 Å². The van der Waals surface area contributed by atoms with Crippen LogP contribution >= 0.6 is 0 Å². The number of carbonyl (C=O) groups is 1. The molecule has 1 aliphatic carbocycles. The minimum absolute atomic E-state index is 0.119. The molecule has 0 saturated heterocycles. The van der Waals surface area contributed by atoms with Crippen LogP contribution in [0.2, 0.25) is 0 Å². The average molecular weight is 143 g/mol. The van der Waals surface area contributed by atoms with Crippen molar-refractivity contribution in [3.05, 3.63) is 0 Å². The summed E-state index contributed by atoms with van der Waals surface area (Å²) in [6, 6.07) is 0. The van der Waals surface area contributed by atoms with Gasteiger partial charge in [0.1, 0.15) is 0 Å². The Morgan fingerprint density at radius 3 is 2.60 bits per heavy atom. The van der Waals surface area contributed by atoms with Gasteiger partial charge in [0, 0.05) is 6.92 Å². The van der Waals surface area contributed by atoms with Crippen LogP contribution in [0.15, 0.2) is 0 Å². The molecule has 0 spiro atoms. The highest BCUT2D eigenvalue weighted by molar-refractivity contribution is 5.71. The number of amides is 1. The summed E-state index contributed by atoms with van der Waals surface area (Å²) in [5, 5.41) is 0. The summed E-state index contributed by atoms with van der Waals surface area (Å²) in [5.74, 6) is -0.119. The van der Waals surface area contributed by atoms with Crippen molar-refractivity contribution in [3.8, 4) is 0 Å². The zero-order chi connectivity index (χ0) is 7.40. The van der Waals surface area contributed by atoms with Crippen LogP contribution in [0.3, 0.4) is 0 Å².